The van der Waals surface area contributed by atoms with E-state index in [-0.39, 0.29) is 11.8 Å². The molecule has 4 nitrogen and oxygen atoms in total. The Morgan fingerprint density at radius 3 is 2.69 bits per heavy atom. The van der Waals surface area contributed by atoms with Gasteiger partial charge in [0.2, 0.25) is 10.0 Å². The molecule has 13 heavy (non-hydrogen) atoms. The van der Waals surface area contributed by atoms with Crippen LogP contribution in [0.3, 0.4) is 0 Å². The van der Waals surface area contributed by atoms with Gasteiger partial charge in [0.05, 0.1) is 5.75 Å². The van der Waals surface area contributed by atoms with E-state index in [0.29, 0.717) is 12.0 Å². The van der Waals surface area contributed by atoms with Gasteiger partial charge in [0.15, 0.2) is 0 Å². The number of sulfonamides is 1. The van der Waals surface area contributed by atoms with Crippen molar-refractivity contribution in [3.05, 3.63) is 0 Å². The van der Waals surface area contributed by atoms with Gasteiger partial charge in [-0.1, -0.05) is 0 Å². The number of piperidine rings is 1. The zero-order valence-electron chi connectivity index (χ0n) is 7.79. The first-order chi connectivity index (χ1) is 6.11. The molecule has 1 aliphatic carbocycles. The van der Waals surface area contributed by atoms with E-state index in [1.165, 1.54) is 0 Å². The Hall–Kier alpha value is -0.130. The third kappa shape index (κ3) is 1.87. The summed E-state index contributed by atoms with van der Waals surface area (Å²) in [6.07, 6.45) is 2.15. The molecule has 2 rings (SSSR count). The van der Waals surface area contributed by atoms with Crippen LogP contribution in [0.25, 0.3) is 0 Å². The van der Waals surface area contributed by atoms with Gasteiger partial charge in [0.1, 0.15) is 0 Å². The zero-order valence-corrected chi connectivity index (χ0v) is 8.60. The van der Waals surface area contributed by atoms with Gasteiger partial charge in [0, 0.05) is 12.1 Å². The molecule has 0 aromatic heterocycles. The molecule has 2 bridgehead atoms. The third-order valence-corrected chi connectivity index (χ3v) is 4.46. The van der Waals surface area contributed by atoms with Crippen LogP contribution in [0, 0.1) is 5.92 Å². The Kier molecular flexibility index (Phi) is 2.33. The standard InChI is InChI=1S/C8H16N2O2S/c1-2-13(11,12)10-8-4-6-3-7(8)9-5-6/h6-10H,2-5H2,1H3. The fourth-order valence-electron chi connectivity index (χ4n) is 2.30. The molecular formula is C8H16N2O2S. The zero-order chi connectivity index (χ0) is 9.47. The van der Waals surface area contributed by atoms with Crippen LogP contribution in [-0.4, -0.2) is 32.8 Å². The van der Waals surface area contributed by atoms with Crippen LogP contribution in [-0.2, 0) is 10.0 Å². The van der Waals surface area contributed by atoms with E-state index in [9.17, 15) is 8.42 Å². The van der Waals surface area contributed by atoms with E-state index in [0.717, 1.165) is 19.4 Å². The average Bonchev–Trinajstić information content (AvgIpc) is 2.64. The van der Waals surface area contributed by atoms with Crippen molar-refractivity contribution in [2.75, 3.05) is 12.3 Å². The number of hydrogen-bond donors (Lipinski definition) is 2. The van der Waals surface area contributed by atoms with Crippen LogP contribution in [0.2, 0.25) is 0 Å². The topological polar surface area (TPSA) is 58.2 Å². The maximum Gasteiger partial charge on any atom is 0.211 e. The van der Waals surface area contributed by atoms with Gasteiger partial charge in [-0.25, -0.2) is 13.1 Å². The molecule has 2 fully saturated rings. The highest BCUT2D eigenvalue weighted by Gasteiger charge is 2.40. The summed E-state index contributed by atoms with van der Waals surface area (Å²) in [4.78, 5) is 0. The van der Waals surface area contributed by atoms with E-state index in [4.69, 9.17) is 0 Å². The van der Waals surface area contributed by atoms with E-state index in [1.54, 1.807) is 6.92 Å². The summed E-state index contributed by atoms with van der Waals surface area (Å²) >= 11 is 0. The first kappa shape index (κ1) is 9.43. The molecule has 1 saturated heterocycles. The van der Waals surface area contributed by atoms with Crippen molar-refractivity contribution in [2.45, 2.75) is 31.8 Å². The van der Waals surface area contributed by atoms with Crippen LogP contribution < -0.4 is 10.0 Å². The highest BCUT2D eigenvalue weighted by atomic mass is 32.2. The normalized spacial score (nSPS) is 38.4. The average molecular weight is 204 g/mol. The molecule has 1 heterocycles. The molecule has 3 unspecified atom stereocenters. The van der Waals surface area contributed by atoms with Crippen molar-refractivity contribution < 1.29 is 8.42 Å². The quantitative estimate of drug-likeness (QED) is 0.662. The van der Waals surface area contributed by atoms with Crippen LogP contribution >= 0.6 is 0 Å². The molecule has 1 saturated carbocycles. The van der Waals surface area contributed by atoms with Gasteiger partial charge in [-0.15, -0.1) is 0 Å². The second kappa shape index (κ2) is 3.22. The minimum absolute atomic E-state index is 0.142. The second-order valence-electron chi connectivity index (χ2n) is 3.98. The lowest BCUT2D eigenvalue weighted by atomic mass is 10.1. The first-order valence-corrected chi connectivity index (χ1v) is 6.49. The number of fused-ring (bicyclic) bond motifs is 2. The fraction of sp³-hybridized carbons (Fsp3) is 1.00. The molecule has 2 aliphatic rings. The predicted molar refractivity (Wildman–Crippen MR) is 50.9 cm³/mol. The van der Waals surface area contributed by atoms with Crippen molar-refractivity contribution in [3.63, 3.8) is 0 Å². The molecule has 2 N–H and O–H groups in total. The minimum Gasteiger partial charge on any atom is -0.312 e. The summed E-state index contributed by atoms with van der Waals surface area (Å²) in [6.45, 7) is 2.73. The first-order valence-electron chi connectivity index (χ1n) is 4.84. The summed E-state index contributed by atoms with van der Waals surface area (Å²) in [5.74, 6) is 0.871. The maximum absolute atomic E-state index is 11.3. The summed E-state index contributed by atoms with van der Waals surface area (Å²) < 4.78 is 25.3. The van der Waals surface area contributed by atoms with Gasteiger partial charge in [0.25, 0.3) is 0 Å². The molecule has 0 radical (unpaired) electrons. The minimum atomic E-state index is -3.02. The molecule has 0 aromatic rings. The Morgan fingerprint density at radius 2 is 2.23 bits per heavy atom. The van der Waals surface area contributed by atoms with Gasteiger partial charge in [-0.05, 0) is 32.2 Å². The molecule has 3 atom stereocenters. The summed E-state index contributed by atoms with van der Waals surface area (Å²) in [5, 5.41) is 3.33. The molecule has 0 spiro atoms. The summed E-state index contributed by atoms with van der Waals surface area (Å²) in [6, 6.07) is 0.523. The lowest BCUT2D eigenvalue weighted by Gasteiger charge is -2.23. The highest BCUT2D eigenvalue weighted by molar-refractivity contribution is 7.89. The summed E-state index contributed by atoms with van der Waals surface area (Å²) in [5.41, 5.74) is 0. The van der Waals surface area contributed by atoms with Gasteiger partial charge < -0.3 is 5.32 Å². The van der Waals surface area contributed by atoms with Crippen molar-refractivity contribution in [2.24, 2.45) is 5.92 Å². The molecule has 1 aliphatic heterocycles. The van der Waals surface area contributed by atoms with Crippen LogP contribution in [0.1, 0.15) is 19.8 Å². The SMILES string of the molecule is CCS(=O)(=O)NC1CC2CNC1C2. The second-order valence-corrected chi connectivity index (χ2v) is 6.02. The maximum atomic E-state index is 11.3. The van der Waals surface area contributed by atoms with Crippen LogP contribution in [0.5, 0.6) is 0 Å². The van der Waals surface area contributed by atoms with Crippen molar-refractivity contribution in [1.29, 1.82) is 0 Å². The van der Waals surface area contributed by atoms with Crippen LogP contribution in [0.4, 0.5) is 0 Å². The van der Waals surface area contributed by atoms with Gasteiger partial charge in [-0.2, -0.15) is 0 Å². The highest BCUT2D eigenvalue weighted by Crippen LogP contribution is 2.31. The van der Waals surface area contributed by atoms with Gasteiger partial charge in [-0.3, -0.25) is 0 Å². The van der Waals surface area contributed by atoms with Gasteiger partial charge >= 0.3 is 0 Å². The number of rotatable bonds is 3. The lowest BCUT2D eigenvalue weighted by Crippen LogP contribution is -2.48. The Bertz CT molecular complexity index is 289. The summed E-state index contributed by atoms with van der Waals surface area (Å²) in [7, 11) is -3.02. The van der Waals surface area contributed by atoms with Crippen molar-refractivity contribution >= 4 is 10.0 Å². The fourth-order valence-corrected chi connectivity index (χ4v) is 3.19. The number of nitrogens with one attached hydrogen (secondary N) is 2. The third-order valence-electron chi connectivity index (χ3n) is 3.04. The monoisotopic (exact) mass is 204 g/mol. The Balaban J connectivity index is 1.97. The predicted octanol–water partition coefficient (Wildman–Crippen LogP) is -0.324. The lowest BCUT2D eigenvalue weighted by molar-refractivity contribution is 0.417. The number of hydrogen-bond acceptors (Lipinski definition) is 3. The Labute approximate surface area is 79.1 Å². The van der Waals surface area contributed by atoms with Crippen molar-refractivity contribution in [3.8, 4) is 0 Å². The van der Waals surface area contributed by atoms with E-state index < -0.39 is 10.0 Å². The molecule has 0 amide bonds. The van der Waals surface area contributed by atoms with Crippen LogP contribution in [0.15, 0.2) is 0 Å². The van der Waals surface area contributed by atoms with Crippen molar-refractivity contribution in [1.82, 2.24) is 10.0 Å². The molecular weight excluding hydrogens is 188 g/mol. The van der Waals surface area contributed by atoms with E-state index in [2.05, 4.69) is 10.0 Å². The molecule has 5 heteroatoms. The largest absolute Gasteiger partial charge is 0.312 e. The molecule has 76 valence electrons. The van der Waals surface area contributed by atoms with E-state index >= 15 is 0 Å². The molecule has 0 aromatic carbocycles. The smallest absolute Gasteiger partial charge is 0.211 e. The Morgan fingerprint density at radius 1 is 1.46 bits per heavy atom. The van der Waals surface area contributed by atoms with E-state index in [1.807, 2.05) is 0 Å².